The van der Waals surface area contributed by atoms with E-state index < -0.39 is 0 Å². The number of nitrogens with zero attached hydrogens (tertiary/aromatic N) is 3. The Hall–Kier alpha value is -3.03. The number of hydrogen-bond acceptors (Lipinski definition) is 4. The fourth-order valence-corrected chi connectivity index (χ4v) is 3.35. The molecule has 142 valence electrons. The summed E-state index contributed by atoms with van der Waals surface area (Å²) < 4.78 is 1.67. The van der Waals surface area contributed by atoms with Gasteiger partial charge in [0.15, 0.2) is 0 Å². The molecule has 3 heterocycles. The first-order valence-corrected chi connectivity index (χ1v) is 9.46. The van der Waals surface area contributed by atoms with Crippen molar-refractivity contribution in [3.05, 3.63) is 40.3 Å². The summed E-state index contributed by atoms with van der Waals surface area (Å²) in [5.74, 6) is 0.403. The number of H-pyrrole nitrogens is 2. The molecule has 7 nitrogen and oxygen atoms in total. The molecule has 0 aliphatic carbocycles. The molecular weight excluding hydrogens is 351 g/mol. The lowest BCUT2D eigenvalue weighted by atomic mass is 9.83. The van der Waals surface area contributed by atoms with Crippen LogP contribution in [0.15, 0.2) is 29.2 Å². The van der Waals surface area contributed by atoms with Gasteiger partial charge in [-0.15, -0.1) is 0 Å². The summed E-state index contributed by atoms with van der Waals surface area (Å²) in [6.07, 6.45) is 2.70. The topological polar surface area (TPSA) is 91.4 Å². The minimum atomic E-state index is -0.317. The van der Waals surface area contributed by atoms with Gasteiger partial charge < -0.3 is 15.3 Å². The van der Waals surface area contributed by atoms with Crippen molar-refractivity contribution >= 4 is 35.6 Å². The molecular formula is C20H23BN6O. The number of aromatic amines is 2. The number of anilines is 1. The first-order chi connectivity index (χ1) is 13.4. The lowest BCUT2D eigenvalue weighted by Gasteiger charge is -2.23. The van der Waals surface area contributed by atoms with Crippen molar-refractivity contribution in [2.75, 3.05) is 5.32 Å². The number of aryl methyl sites for hydroxylation is 2. The molecule has 0 bridgehead atoms. The zero-order valence-electron chi connectivity index (χ0n) is 16.5. The number of pyridine rings is 1. The molecule has 4 aromatic rings. The smallest absolute Gasteiger partial charge is 0.261 e. The third-order valence-corrected chi connectivity index (χ3v) is 5.23. The molecule has 0 fully saturated rings. The SMILES string of the molecule is [B]C(Nc1c(-c2nc3ccc(C)cc3[nH]2)c(=O)[nH]c2cn(C)nc12)C(C)CC. The van der Waals surface area contributed by atoms with E-state index in [-0.39, 0.29) is 17.4 Å². The normalized spacial score (nSPS) is 13.9. The first kappa shape index (κ1) is 18.3. The Kier molecular flexibility index (Phi) is 4.49. The van der Waals surface area contributed by atoms with Crippen molar-refractivity contribution in [1.29, 1.82) is 0 Å². The van der Waals surface area contributed by atoms with Crippen molar-refractivity contribution in [3.8, 4) is 11.4 Å². The van der Waals surface area contributed by atoms with Gasteiger partial charge >= 0.3 is 0 Å². The molecule has 2 unspecified atom stereocenters. The Morgan fingerprint density at radius 1 is 1.29 bits per heavy atom. The summed E-state index contributed by atoms with van der Waals surface area (Å²) in [5.41, 5.74) is 4.89. The van der Waals surface area contributed by atoms with Gasteiger partial charge in [0.1, 0.15) is 16.9 Å². The number of benzene rings is 1. The molecule has 3 N–H and O–H groups in total. The average Bonchev–Trinajstić information content (AvgIpc) is 3.22. The number of rotatable bonds is 5. The van der Waals surface area contributed by atoms with E-state index in [1.54, 1.807) is 10.9 Å². The molecule has 0 aliphatic rings. The van der Waals surface area contributed by atoms with Crippen LogP contribution in [0.2, 0.25) is 0 Å². The van der Waals surface area contributed by atoms with E-state index in [9.17, 15) is 4.79 Å². The van der Waals surface area contributed by atoms with Crippen LogP contribution < -0.4 is 10.9 Å². The van der Waals surface area contributed by atoms with Crippen molar-refractivity contribution in [1.82, 2.24) is 24.7 Å². The van der Waals surface area contributed by atoms with Crippen LogP contribution in [0.3, 0.4) is 0 Å². The standard InChI is InChI=1S/C20H23BN6O/c1-5-11(3)18(21)25-17-15(20(28)24-14-9-27(4)26-16(14)17)19-22-12-7-6-10(2)8-13(12)23-19/h6-9,11,18,25H,5H2,1-4H3,(H,22,23)(H,24,28). The highest BCUT2D eigenvalue weighted by molar-refractivity contribution is 6.14. The average molecular weight is 374 g/mol. The van der Waals surface area contributed by atoms with E-state index in [1.807, 2.05) is 32.2 Å². The van der Waals surface area contributed by atoms with Gasteiger partial charge in [-0.05, 0) is 36.5 Å². The fourth-order valence-electron chi connectivity index (χ4n) is 3.35. The maximum absolute atomic E-state index is 13.0. The second-order valence-electron chi connectivity index (χ2n) is 7.43. The highest BCUT2D eigenvalue weighted by atomic mass is 16.1. The van der Waals surface area contributed by atoms with Crippen molar-refractivity contribution in [2.45, 2.75) is 33.1 Å². The van der Waals surface area contributed by atoms with Crippen LogP contribution >= 0.6 is 0 Å². The lowest BCUT2D eigenvalue weighted by molar-refractivity contribution is 0.558. The second-order valence-corrected chi connectivity index (χ2v) is 7.43. The van der Waals surface area contributed by atoms with Crippen LogP contribution in [-0.2, 0) is 7.05 Å². The van der Waals surface area contributed by atoms with E-state index in [2.05, 4.69) is 39.2 Å². The van der Waals surface area contributed by atoms with E-state index in [1.165, 1.54) is 0 Å². The van der Waals surface area contributed by atoms with Gasteiger partial charge in [-0.3, -0.25) is 9.48 Å². The molecule has 8 heteroatoms. The largest absolute Gasteiger partial charge is 0.388 e. The van der Waals surface area contributed by atoms with Gasteiger partial charge in [0.2, 0.25) is 0 Å². The molecule has 1 aromatic carbocycles. The third-order valence-electron chi connectivity index (χ3n) is 5.23. The molecule has 0 aliphatic heterocycles. The zero-order valence-corrected chi connectivity index (χ0v) is 16.5. The Balaban J connectivity index is 1.96. The van der Waals surface area contributed by atoms with Crippen LogP contribution in [0, 0.1) is 12.8 Å². The Bertz CT molecular complexity index is 1220. The summed E-state index contributed by atoms with van der Waals surface area (Å²) in [7, 11) is 8.18. The fraction of sp³-hybridized carbons (Fsp3) is 0.350. The van der Waals surface area contributed by atoms with Crippen LogP contribution in [0.5, 0.6) is 0 Å². The molecule has 0 spiro atoms. The quantitative estimate of drug-likeness (QED) is 0.468. The minimum absolute atomic E-state index is 0.226. The molecule has 4 rings (SSSR count). The predicted octanol–water partition coefficient (Wildman–Crippen LogP) is 3.07. The Labute approximate surface area is 164 Å². The zero-order chi connectivity index (χ0) is 20.0. The van der Waals surface area contributed by atoms with E-state index >= 15 is 0 Å². The highest BCUT2D eigenvalue weighted by Gasteiger charge is 2.22. The minimum Gasteiger partial charge on any atom is -0.388 e. The van der Waals surface area contributed by atoms with Gasteiger partial charge in [0.05, 0.1) is 30.1 Å². The Morgan fingerprint density at radius 2 is 2.07 bits per heavy atom. The summed E-state index contributed by atoms with van der Waals surface area (Å²) in [6.45, 7) is 6.18. The Morgan fingerprint density at radius 3 is 2.82 bits per heavy atom. The van der Waals surface area contributed by atoms with E-state index in [0.717, 1.165) is 23.0 Å². The molecule has 0 saturated carbocycles. The highest BCUT2D eigenvalue weighted by Crippen LogP contribution is 2.31. The van der Waals surface area contributed by atoms with Crippen molar-refractivity contribution < 1.29 is 0 Å². The van der Waals surface area contributed by atoms with Gasteiger partial charge in [-0.25, -0.2) is 4.98 Å². The molecule has 28 heavy (non-hydrogen) atoms. The maximum atomic E-state index is 13.0. The van der Waals surface area contributed by atoms with E-state index in [0.29, 0.717) is 28.1 Å². The van der Waals surface area contributed by atoms with Gasteiger partial charge in [0.25, 0.3) is 5.56 Å². The number of imidazole rings is 1. The predicted molar refractivity (Wildman–Crippen MR) is 114 cm³/mol. The van der Waals surface area contributed by atoms with Gasteiger partial charge in [0, 0.05) is 13.2 Å². The van der Waals surface area contributed by atoms with E-state index in [4.69, 9.17) is 7.85 Å². The van der Waals surface area contributed by atoms with Crippen LogP contribution in [0.4, 0.5) is 5.69 Å². The number of aromatic nitrogens is 5. The summed E-state index contributed by atoms with van der Waals surface area (Å²) in [6, 6.07) is 5.95. The third kappa shape index (κ3) is 3.08. The van der Waals surface area contributed by atoms with Crippen LogP contribution in [-0.4, -0.2) is 38.5 Å². The molecule has 3 aromatic heterocycles. The molecule has 2 radical (unpaired) electrons. The van der Waals surface area contributed by atoms with Crippen molar-refractivity contribution in [3.63, 3.8) is 0 Å². The summed E-state index contributed by atoms with van der Waals surface area (Å²) in [5, 5.41) is 7.87. The monoisotopic (exact) mass is 374 g/mol. The molecule has 0 saturated heterocycles. The molecule has 2 atom stereocenters. The summed E-state index contributed by atoms with van der Waals surface area (Å²) >= 11 is 0. The first-order valence-electron chi connectivity index (χ1n) is 9.46. The second kappa shape index (κ2) is 6.85. The number of nitrogens with one attached hydrogen (secondary N) is 3. The van der Waals surface area contributed by atoms with Crippen molar-refractivity contribution in [2.24, 2.45) is 13.0 Å². The summed E-state index contributed by atoms with van der Waals surface area (Å²) in [4.78, 5) is 23.8. The lowest BCUT2D eigenvalue weighted by Crippen LogP contribution is -2.29. The van der Waals surface area contributed by atoms with Gasteiger partial charge in [-0.2, -0.15) is 5.10 Å². The maximum Gasteiger partial charge on any atom is 0.261 e. The van der Waals surface area contributed by atoms with Crippen LogP contribution in [0.25, 0.3) is 33.5 Å². The van der Waals surface area contributed by atoms with Gasteiger partial charge in [-0.1, -0.05) is 26.3 Å². The van der Waals surface area contributed by atoms with Crippen LogP contribution in [0.1, 0.15) is 25.8 Å². The molecule has 0 amide bonds. The number of hydrogen-bond donors (Lipinski definition) is 3. The number of fused-ring (bicyclic) bond motifs is 2.